The first-order valence-electron chi connectivity index (χ1n) is 3.73. The number of halogens is 1. The summed E-state index contributed by atoms with van der Waals surface area (Å²) < 4.78 is 0.776. The fourth-order valence-corrected chi connectivity index (χ4v) is 1.15. The van der Waals surface area contributed by atoms with E-state index in [-0.39, 0.29) is 6.42 Å². The summed E-state index contributed by atoms with van der Waals surface area (Å²) in [7, 11) is 0. The molecule has 0 unspecified atom stereocenters. The minimum absolute atomic E-state index is 0.101. The number of carbonyl (C=O) groups is 1. The van der Waals surface area contributed by atoms with Gasteiger partial charge >= 0.3 is 5.97 Å². The van der Waals surface area contributed by atoms with Crippen molar-refractivity contribution in [3.05, 3.63) is 10.6 Å². The molecule has 0 saturated heterocycles. The first-order chi connectivity index (χ1) is 5.16. The van der Waals surface area contributed by atoms with E-state index in [1.54, 1.807) is 0 Å². The topological polar surface area (TPSA) is 37.3 Å². The molecule has 2 nitrogen and oxygen atoms in total. The highest BCUT2D eigenvalue weighted by Crippen LogP contribution is 2.12. The van der Waals surface area contributed by atoms with Crippen LogP contribution in [0.5, 0.6) is 0 Å². The molecule has 0 bridgehead atoms. The Morgan fingerprint density at radius 2 is 2.27 bits per heavy atom. The smallest absolute Gasteiger partial charge is 0.308 e. The van der Waals surface area contributed by atoms with Gasteiger partial charge in [-0.1, -0.05) is 41.8 Å². The fourth-order valence-electron chi connectivity index (χ4n) is 0.679. The van der Waals surface area contributed by atoms with Crippen molar-refractivity contribution in [3.8, 4) is 0 Å². The molecule has 0 amide bonds. The number of unbranched alkanes of at least 4 members (excludes halogenated alkanes) is 2. The van der Waals surface area contributed by atoms with E-state index in [1.807, 2.05) is 6.08 Å². The van der Waals surface area contributed by atoms with Crippen LogP contribution in [-0.4, -0.2) is 11.1 Å². The molecule has 0 heterocycles. The number of allylic oxidation sites excluding steroid dienone is 1. The summed E-state index contributed by atoms with van der Waals surface area (Å²) in [4.78, 5) is 10.2. The number of aliphatic carboxylic acids is 1. The standard InChI is InChI=1S/C8H13BrO2/c1-2-3-4-5-7(9)6-8(10)11/h5H,2-4,6H2,1H3,(H,10,11)/b7-5+. The molecule has 0 fully saturated rings. The van der Waals surface area contributed by atoms with Gasteiger partial charge in [-0.15, -0.1) is 0 Å². The van der Waals surface area contributed by atoms with Gasteiger partial charge in [0.2, 0.25) is 0 Å². The van der Waals surface area contributed by atoms with E-state index in [4.69, 9.17) is 5.11 Å². The highest BCUT2D eigenvalue weighted by molar-refractivity contribution is 9.11. The Hall–Kier alpha value is -0.310. The van der Waals surface area contributed by atoms with E-state index in [2.05, 4.69) is 22.9 Å². The summed E-state index contributed by atoms with van der Waals surface area (Å²) >= 11 is 3.19. The van der Waals surface area contributed by atoms with E-state index in [0.717, 1.165) is 23.7 Å². The third-order valence-electron chi connectivity index (χ3n) is 1.24. The zero-order valence-electron chi connectivity index (χ0n) is 6.64. The molecule has 0 atom stereocenters. The van der Waals surface area contributed by atoms with Crippen molar-refractivity contribution < 1.29 is 9.90 Å². The zero-order valence-corrected chi connectivity index (χ0v) is 8.23. The normalized spacial score (nSPS) is 11.6. The Labute approximate surface area is 75.4 Å². The molecule has 0 rings (SSSR count). The van der Waals surface area contributed by atoms with Crippen LogP contribution in [0.15, 0.2) is 10.6 Å². The van der Waals surface area contributed by atoms with Crippen LogP contribution >= 0.6 is 15.9 Å². The van der Waals surface area contributed by atoms with Gasteiger partial charge in [0.1, 0.15) is 0 Å². The van der Waals surface area contributed by atoms with E-state index in [9.17, 15) is 4.79 Å². The van der Waals surface area contributed by atoms with Crippen LogP contribution in [0.3, 0.4) is 0 Å². The molecule has 1 N–H and O–H groups in total. The van der Waals surface area contributed by atoms with Crippen LogP contribution in [0.1, 0.15) is 32.6 Å². The van der Waals surface area contributed by atoms with Gasteiger partial charge in [-0.2, -0.15) is 0 Å². The minimum Gasteiger partial charge on any atom is -0.481 e. The first kappa shape index (κ1) is 10.7. The molecule has 0 aliphatic heterocycles. The second kappa shape index (κ2) is 6.40. The summed E-state index contributed by atoms with van der Waals surface area (Å²) in [6.45, 7) is 2.11. The summed E-state index contributed by atoms with van der Waals surface area (Å²) in [5.74, 6) is -0.787. The Morgan fingerprint density at radius 1 is 1.64 bits per heavy atom. The maximum absolute atomic E-state index is 10.2. The lowest BCUT2D eigenvalue weighted by atomic mass is 10.2. The van der Waals surface area contributed by atoms with Gasteiger partial charge in [-0.05, 0) is 6.42 Å². The molecule has 0 saturated carbocycles. The average molecular weight is 221 g/mol. The molecule has 0 aromatic heterocycles. The van der Waals surface area contributed by atoms with E-state index < -0.39 is 5.97 Å². The van der Waals surface area contributed by atoms with Gasteiger partial charge in [-0.3, -0.25) is 4.79 Å². The van der Waals surface area contributed by atoms with Crippen molar-refractivity contribution in [1.82, 2.24) is 0 Å². The average Bonchev–Trinajstić information content (AvgIpc) is 1.86. The molecule has 0 aliphatic rings. The molecular weight excluding hydrogens is 208 g/mol. The molecule has 0 radical (unpaired) electrons. The van der Waals surface area contributed by atoms with Crippen LogP contribution < -0.4 is 0 Å². The van der Waals surface area contributed by atoms with Gasteiger partial charge in [0, 0.05) is 4.48 Å². The lowest BCUT2D eigenvalue weighted by molar-refractivity contribution is -0.136. The van der Waals surface area contributed by atoms with Gasteiger partial charge < -0.3 is 5.11 Å². The highest BCUT2D eigenvalue weighted by atomic mass is 79.9. The van der Waals surface area contributed by atoms with E-state index in [0.29, 0.717) is 0 Å². The van der Waals surface area contributed by atoms with Crippen molar-refractivity contribution in [3.63, 3.8) is 0 Å². The number of carboxylic acids is 1. The molecule has 3 heteroatoms. The summed E-state index contributed by atoms with van der Waals surface area (Å²) in [5.41, 5.74) is 0. The summed E-state index contributed by atoms with van der Waals surface area (Å²) in [6, 6.07) is 0. The second-order valence-corrected chi connectivity index (χ2v) is 3.38. The minimum atomic E-state index is -0.787. The maximum atomic E-state index is 10.2. The van der Waals surface area contributed by atoms with Gasteiger partial charge in [0.15, 0.2) is 0 Å². The molecular formula is C8H13BrO2. The van der Waals surface area contributed by atoms with E-state index >= 15 is 0 Å². The first-order valence-corrected chi connectivity index (χ1v) is 4.52. The lowest BCUT2D eigenvalue weighted by Crippen LogP contribution is -1.92. The van der Waals surface area contributed by atoms with Gasteiger partial charge in [-0.25, -0.2) is 0 Å². The molecule has 64 valence electrons. The number of carboxylic acid groups (broad SMARTS) is 1. The predicted molar refractivity (Wildman–Crippen MR) is 48.8 cm³/mol. The highest BCUT2D eigenvalue weighted by Gasteiger charge is 1.98. The molecule has 0 aromatic rings. The lowest BCUT2D eigenvalue weighted by Gasteiger charge is -1.93. The molecule has 0 aromatic carbocycles. The molecule has 11 heavy (non-hydrogen) atoms. The Morgan fingerprint density at radius 3 is 2.73 bits per heavy atom. The SMILES string of the molecule is CCCC/C=C(/Br)CC(=O)O. The Balaban J connectivity index is 3.54. The predicted octanol–water partition coefficient (Wildman–Crippen LogP) is 2.93. The van der Waals surface area contributed by atoms with Crippen LogP contribution in [0, 0.1) is 0 Å². The Kier molecular flexibility index (Phi) is 6.22. The van der Waals surface area contributed by atoms with Gasteiger partial charge in [0.05, 0.1) is 6.42 Å². The Bertz CT molecular complexity index is 152. The summed E-state index contributed by atoms with van der Waals surface area (Å²) in [5, 5.41) is 8.37. The largest absolute Gasteiger partial charge is 0.481 e. The van der Waals surface area contributed by atoms with Crippen LogP contribution in [0.2, 0.25) is 0 Å². The molecule has 0 spiro atoms. The number of rotatable bonds is 5. The number of hydrogen-bond donors (Lipinski definition) is 1. The third-order valence-corrected chi connectivity index (χ3v) is 1.85. The van der Waals surface area contributed by atoms with Crippen molar-refractivity contribution >= 4 is 21.9 Å². The van der Waals surface area contributed by atoms with E-state index in [1.165, 1.54) is 0 Å². The van der Waals surface area contributed by atoms with Gasteiger partial charge in [0.25, 0.3) is 0 Å². The van der Waals surface area contributed by atoms with Crippen LogP contribution in [0.25, 0.3) is 0 Å². The number of hydrogen-bond acceptors (Lipinski definition) is 1. The quantitative estimate of drug-likeness (QED) is 0.724. The maximum Gasteiger partial charge on any atom is 0.308 e. The summed E-state index contributed by atoms with van der Waals surface area (Å²) in [6.07, 6.45) is 5.25. The van der Waals surface area contributed by atoms with Crippen LogP contribution in [0.4, 0.5) is 0 Å². The zero-order chi connectivity index (χ0) is 8.69. The second-order valence-electron chi connectivity index (χ2n) is 2.36. The third kappa shape index (κ3) is 7.59. The van der Waals surface area contributed by atoms with Crippen molar-refractivity contribution in [1.29, 1.82) is 0 Å². The monoisotopic (exact) mass is 220 g/mol. The van der Waals surface area contributed by atoms with Crippen molar-refractivity contribution in [2.24, 2.45) is 0 Å². The van der Waals surface area contributed by atoms with Crippen molar-refractivity contribution in [2.45, 2.75) is 32.6 Å². The van der Waals surface area contributed by atoms with Crippen molar-refractivity contribution in [2.75, 3.05) is 0 Å². The fraction of sp³-hybridized carbons (Fsp3) is 0.625. The molecule has 0 aliphatic carbocycles. The van der Waals surface area contributed by atoms with Crippen LogP contribution in [-0.2, 0) is 4.79 Å².